The average molecular weight is 351 g/mol. The number of nitrogens with zero attached hydrogens (tertiary/aromatic N) is 1. The number of carbonyl (C=O) groups is 1. The normalized spacial score (nSPS) is 11.3. The molecule has 108 valence electrons. The molecule has 2 aromatic rings. The number of rotatable bonds is 3. The molecule has 0 aliphatic rings. The van der Waals surface area contributed by atoms with Crippen molar-refractivity contribution in [1.82, 2.24) is 0 Å². The first-order valence-corrected chi connectivity index (χ1v) is 6.86. The van der Waals surface area contributed by atoms with Crippen molar-refractivity contribution in [3.8, 4) is 0 Å². The van der Waals surface area contributed by atoms with Crippen molar-refractivity contribution in [2.75, 3.05) is 5.32 Å². The lowest BCUT2D eigenvalue weighted by atomic mass is 10.1. The summed E-state index contributed by atoms with van der Waals surface area (Å²) in [6.07, 6.45) is 0. The van der Waals surface area contributed by atoms with E-state index in [-0.39, 0.29) is 10.4 Å². The highest BCUT2D eigenvalue weighted by molar-refractivity contribution is 9.10. The highest BCUT2D eigenvalue weighted by Gasteiger charge is 2.09. The number of nitrogens with one attached hydrogen (secondary N) is 1. The molecule has 6 heteroatoms. The van der Waals surface area contributed by atoms with Gasteiger partial charge in [0.05, 0.1) is 10.2 Å². The maximum Gasteiger partial charge on any atom is 0.255 e. The summed E-state index contributed by atoms with van der Waals surface area (Å²) in [4.78, 5) is 12.1. The second-order valence-electron chi connectivity index (χ2n) is 4.35. The highest BCUT2D eigenvalue weighted by Crippen LogP contribution is 2.18. The first kappa shape index (κ1) is 15.2. The molecule has 4 nitrogen and oxygen atoms in total. The minimum atomic E-state index is -0.427. The van der Waals surface area contributed by atoms with Gasteiger partial charge in [0, 0.05) is 16.8 Å². The van der Waals surface area contributed by atoms with Crippen LogP contribution in [0.4, 0.5) is 10.1 Å². The fourth-order valence-corrected chi connectivity index (χ4v) is 2.10. The Labute approximate surface area is 129 Å². The van der Waals surface area contributed by atoms with Gasteiger partial charge in [0.2, 0.25) is 0 Å². The van der Waals surface area contributed by atoms with Crippen LogP contribution in [0.1, 0.15) is 22.8 Å². The first-order valence-electron chi connectivity index (χ1n) is 6.07. The molecule has 0 aliphatic carbocycles. The first-order chi connectivity index (χ1) is 10.0. The van der Waals surface area contributed by atoms with E-state index in [1.807, 2.05) is 0 Å². The lowest BCUT2D eigenvalue weighted by Crippen LogP contribution is -2.12. The second-order valence-corrected chi connectivity index (χ2v) is 5.20. The third kappa shape index (κ3) is 3.66. The van der Waals surface area contributed by atoms with Crippen LogP contribution in [0, 0.1) is 5.82 Å². The molecule has 0 spiro atoms. The zero-order chi connectivity index (χ0) is 15.4. The molecule has 0 aromatic heterocycles. The minimum Gasteiger partial charge on any atom is -0.411 e. The average Bonchev–Trinajstić information content (AvgIpc) is 2.49. The number of benzene rings is 2. The van der Waals surface area contributed by atoms with Crippen molar-refractivity contribution in [2.24, 2.45) is 5.16 Å². The summed E-state index contributed by atoms with van der Waals surface area (Å²) in [6, 6.07) is 10.9. The van der Waals surface area contributed by atoms with Crippen molar-refractivity contribution in [3.63, 3.8) is 0 Å². The molecule has 0 heterocycles. The van der Waals surface area contributed by atoms with Gasteiger partial charge < -0.3 is 10.5 Å². The highest BCUT2D eigenvalue weighted by atomic mass is 79.9. The number of hydrogen-bond donors (Lipinski definition) is 2. The van der Waals surface area contributed by atoms with Crippen molar-refractivity contribution in [2.45, 2.75) is 6.92 Å². The number of anilines is 1. The predicted octanol–water partition coefficient (Wildman–Crippen LogP) is 4.04. The van der Waals surface area contributed by atoms with Crippen LogP contribution in [0.2, 0.25) is 0 Å². The topological polar surface area (TPSA) is 61.7 Å². The summed E-state index contributed by atoms with van der Waals surface area (Å²) < 4.78 is 13.4. The third-order valence-electron chi connectivity index (χ3n) is 2.87. The summed E-state index contributed by atoms with van der Waals surface area (Å²) in [5.41, 5.74) is 2.02. The lowest BCUT2D eigenvalue weighted by molar-refractivity contribution is 0.102. The quantitative estimate of drug-likeness (QED) is 0.498. The van der Waals surface area contributed by atoms with Crippen LogP contribution in [0.5, 0.6) is 0 Å². The molecule has 0 bridgehead atoms. The Hall–Kier alpha value is -2.21. The van der Waals surface area contributed by atoms with Crippen molar-refractivity contribution >= 4 is 33.2 Å². The standard InChI is InChI=1S/C15H12BrFN2O2/c1-9(19-21)10-3-2-4-12(7-10)18-15(20)11-5-6-14(17)13(16)8-11/h2-8,21H,1H3,(H,18,20)/b19-9-. The second kappa shape index (κ2) is 6.49. The van der Waals surface area contributed by atoms with E-state index in [0.717, 1.165) is 0 Å². The van der Waals surface area contributed by atoms with Gasteiger partial charge >= 0.3 is 0 Å². The number of hydrogen-bond acceptors (Lipinski definition) is 3. The Kier molecular flexibility index (Phi) is 4.70. The lowest BCUT2D eigenvalue weighted by Gasteiger charge is -2.07. The minimum absolute atomic E-state index is 0.229. The zero-order valence-electron chi connectivity index (χ0n) is 11.1. The molecule has 0 unspecified atom stereocenters. The maximum atomic E-state index is 13.2. The summed E-state index contributed by atoms with van der Waals surface area (Å²) in [6.45, 7) is 1.65. The van der Waals surface area contributed by atoms with E-state index in [0.29, 0.717) is 22.5 Å². The fraction of sp³-hybridized carbons (Fsp3) is 0.0667. The fourth-order valence-electron chi connectivity index (χ4n) is 1.72. The largest absolute Gasteiger partial charge is 0.411 e. The van der Waals surface area contributed by atoms with E-state index in [9.17, 15) is 9.18 Å². The van der Waals surface area contributed by atoms with Crippen molar-refractivity contribution in [3.05, 3.63) is 63.9 Å². The molecular weight excluding hydrogens is 339 g/mol. The van der Waals surface area contributed by atoms with Crippen molar-refractivity contribution < 1.29 is 14.4 Å². The summed E-state index contributed by atoms with van der Waals surface area (Å²) in [7, 11) is 0. The number of oxime groups is 1. The SMILES string of the molecule is C/C(=N/O)c1cccc(NC(=O)c2ccc(F)c(Br)c2)c1. The van der Waals surface area contributed by atoms with Crippen LogP contribution in [0.15, 0.2) is 52.1 Å². The number of amides is 1. The Morgan fingerprint density at radius 1 is 1.24 bits per heavy atom. The molecule has 1 amide bonds. The Morgan fingerprint density at radius 2 is 2.00 bits per heavy atom. The third-order valence-corrected chi connectivity index (χ3v) is 3.48. The Morgan fingerprint density at radius 3 is 2.67 bits per heavy atom. The van der Waals surface area contributed by atoms with Crippen LogP contribution in [0.3, 0.4) is 0 Å². The van der Waals surface area contributed by atoms with Gasteiger partial charge in [0.1, 0.15) is 5.82 Å². The number of carbonyl (C=O) groups excluding carboxylic acids is 1. The molecule has 0 saturated heterocycles. The van der Waals surface area contributed by atoms with Crippen LogP contribution >= 0.6 is 15.9 Å². The van der Waals surface area contributed by atoms with Gasteiger partial charge in [0.15, 0.2) is 0 Å². The van der Waals surface area contributed by atoms with Gasteiger partial charge in [0.25, 0.3) is 5.91 Å². The van der Waals surface area contributed by atoms with Crippen LogP contribution < -0.4 is 5.32 Å². The van der Waals surface area contributed by atoms with E-state index >= 15 is 0 Å². The van der Waals surface area contributed by atoms with E-state index in [1.165, 1.54) is 18.2 Å². The molecule has 2 aromatic carbocycles. The summed E-state index contributed by atoms with van der Waals surface area (Å²) in [5, 5.41) is 14.6. The monoisotopic (exact) mass is 350 g/mol. The van der Waals surface area contributed by atoms with E-state index in [4.69, 9.17) is 5.21 Å². The molecule has 0 fully saturated rings. The molecule has 0 saturated carbocycles. The molecule has 2 rings (SSSR count). The molecule has 21 heavy (non-hydrogen) atoms. The van der Waals surface area contributed by atoms with Gasteiger partial charge in [-0.2, -0.15) is 0 Å². The van der Waals surface area contributed by atoms with Crippen LogP contribution in [-0.2, 0) is 0 Å². The van der Waals surface area contributed by atoms with Crippen LogP contribution in [-0.4, -0.2) is 16.8 Å². The van der Waals surface area contributed by atoms with Crippen LogP contribution in [0.25, 0.3) is 0 Å². The smallest absolute Gasteiger partial charge is 0.255 e. The van der Waals surface area contributed by atoms with Gasteiger partial charge in [-0.3, -0.25) is 4.79 Å². The Balaban J connectivity index is 2.21. The predicted molar refractivity (Wildman–Crippen MR) is 82.5 cm³/mol. The zero-order valence-corrected chi connectivity index (χ0v) is 12.7. The number of halogens is 2. The van der Waals surface area contributed by atoms with Gasteiger partial charge in [-0.05, 0) is 53.2 Å². The Bertz CT molecular complexity index is 717. The molecule has 0 radical (unpaired) electrons. The van der Waals surface area contributed by atoms with E-state index in [1.54, 1.807) is 31.2 Å². The summed E-state index contributed by atoms with van der Waals surface area (Å²) >= 11 is 3.04. The summed E-state index contributed by atoms with van der Waals surface area (Å²) in [5.74, 6) is -0.783. The van der Waals surface area contributed by atoms with E-state index < -0.39 is 5.82 Å². The maximum absolute atomic E-state index is 13.2. The van der Waals surface area contributed by atoms with E-state index in [2.05, 4.69) is 26.4 Å². The molecule has 0 aliphatic heterocycles. The molecule has 0 atom stereocenters. The van der Waals surface area contributed by atoms with Gasteiger partial charge in [-0.15, -0.1) is 0 Å². The van der Waals surface area contributed by atoms with Crippen molar-refractivity contribution in [1.29, 1.82) is 0 Å². The van der Waals surface area contributed by atoms with Gasteiger partial charge in [-0.25, -0.2) is 4.39 Å². The molecule has 2 N–H and O–H groups in total. The molecular formula is C15H12BrFN2O2. The van der Waals surface area contributed by atoms with Gasteiger partial charge in [-0.1, -0.05) is 17.3 Å².